The highest BCUT2D eigenvalue weighted by Gasteiger charge is 2.26. The van der Waals surface area contributed by atoms with Crippen LogP contribution in [0.2, 0.25) is 0 Å². The second kappa shape index (κ2) is 5.44. The van der Waals surface area contributed by atoms with E-state index >= 15 is 0 Å². The predicted molar refractivity (Wildman–Crippen MR) is 44.0 cm³/mol. The fourth-order valence-electron chi connectivity index (χ4n) is 1.29. The zero-order chi connectivity index (χ0) is 9.61. The van der Waals surface area contributed by atoms with E-state index in [2.05, 4.69) is 6.92 Å². The van der Waals surface area contributed by atoms with Crippen LogP contribution in [0.5, 0.6) is 0 Å². The van der Waals surface area contributed by atoms with Crippen molar-refractivity contribution in [1.82, 2.24) is 0 Å². The molecule has 1 atom stereocenters. The minimum Gasteiger partial charge on any atom is -0.171 e. The summed E-state index contributed by atoms with van der Waals surface area (Å²) >= 11 is 0. The zero-order valence-corrected chi connectivity index (χ0v) is 7.75. The Bertz CT molecular complexity index is 107. The van der Waals surface area contributed by atoms with Crippen LogP contribution in [-0.2, 0) is 0 Å². The molecule has 3 heteroatoms. The van der Waals surface area contributed by atoms with Gasteiger partial charge in [-0.05, 0) is 12.3 Å². The fraction of sp³-hybridized carbons (Fsp3) is 1.00. The highest BCUT2D eigenvalue weighted by atomic mass is 19.4. The van der Waals surface area contributed by atoms with Crippen molar-refractivity contribution in [2.75, 3.05) is 0 Å². The summed E-state index contributed by atoms with van der Waals surface area (Å²) in [4.78, 5) is 0. The first kappa shape index (κ1) is 11.8. The summed E-state index contributed by atoms with van der Waals surface area (Å²) in [7, 11) is 0. The van der Waals surface area contributed by atoms with Gasteiger partial charge in [0.1, 0.15) is 0 Å². The van der Waals surface area contributed by atoms with E-state index < -0.39 is 12.6 Å². The van der Waals surface area contributed by atoms with Gasteiger partial charge in [-0.3, -0.25) is 0 Å². The van der Waals surface area contributed by atoms with E-state index in [4.69, 9.17) is 0 Å². The Morgan fingerprint density at radius 2 is 1.75 bits per heavy atom. The number of hydrogen-bond acceptors (Lipinski definition) is 0. The summed E-state index contributed by atoms with van der Waals surface area (Å²) < 4.78 is 35.1. The van der Waals surface area contributed by atoms with Gasteiger partial charge in [0, 0.05) is 6.42 Å². The Morgan fingerprint density at radius 3 is 2.17 bits per heavy atom. The van der Waals surface area contributed by atoms with Crippen molar-refractivity contribution in [3.05, 3.63) is 0 Å². The van der Waals surface area contributed by atoms with E-state index in [1.165, 1.54) is 0 Å². The Labute approximate surface area is 72.2 Å². The van der Waals surface area contributed by atoms with Crippen molar-refractivity contribution in [3.63, 3.8) is 0 Å². The molecule has 0 aliphatic carbocycles. The third-order valence-electron chi connectivity index (χ3n) is 1.94. The summed E-state index contributed by atoms with van der Waals surface area (Å²) in [5, 5.41) is 0. The normalized spacial score (nSPS) is 14.8. The highest BCUT2D eigenvalue weighted by molar-refractivity contribution is 4.56. The van der Waals surface area contributed by atoms with E-state index in [-0.39, 0.29) is 6.42 Å². The summed E-state index contributed by atoms with van der Waals surface area (Å²) in [6, 6.07) is 0. The second-order valence-electron chi connectivity index (χ2n) is 3.40. The molecule has 0 heterocycles. The van der Waals surface area contributed by atoms with E-state index in [0.717, 1.165) is 12.8 Å². The largest absolute Gasteiger partial charge is 0.389 e. The molecule has 0 saturated heterocycles. The van der Waals surface area contributed by atoms with Gasteiger partial charge in [-0.1, -0.05) is 33.1 Å². The van der Waals surface area contributed by atoms with Crippen LogP contribution in [0.15, 0.2) is 0 Å². The van der Waals surface area contributed by atoms with Gasteiger partial charge in [-0.25, -0.2) is 0 Å². The zero-order valence-electron chi connectivity index (χ0n) is 7.75. The van der Waals surface area contributed by atoms with Crippen LogP contribution >= 0.6 is 0 Å². The average molecular weight is 182 g/mol. The van der Waals surface area contributed by atoms with Crippen LogP contribution in [0, 0.1) is 5.92 Å². The Morgan fingerprint density at radius 1 is 1.17 bits per heavy atom. The minimum atomic E-state index is -3.97. The van der Waals surface area contributed by atoms with Crippen LogP contribution in [-0.4, -0.2) is 6.18 Å². The van der Waals surface area contributed by atoms with Gasteiger partial charge in [0.2, 0.25) is 0 Å². The van der Waals surface area contributed by atoms with Crippen LogP contribution in [0.25, 0.3) is 0 Å². The Balaban J connectivity index is 3.31. The van der Waals surface area contributed by atoms with Crippen LogP contribution in [0.4, 0.5) is 13.2 Å². The van der Waals surface area contributed by atoms with Crippen LogP contribution in [0.1, 0.15) is 46.0 Å². The van der Waals surface area contributed by atoms with Gasteiger partial charge >= 0.3 is 6.18 Å². The molecule has 74 valence electrons. The molecular weight excluding hydrogens is 165 g/mol. The third kappa shape index (κ3) is 7.89. The van der Waals surface area contributed by atoms with Crippen molar-refractivity contribution in [2.45, 2.75) is 52.1 Å². The summed E-state index contributed by atoms with van der Waals surface area (Å²) in [5.41, 5.74) is 0. The maximum Gasteiger partial charge on any atom is 0.389 e. The molecule has 12 heavy (non-hydrogen) atoms. The number of alkyl halides is 3. The molecule has 0 nitrogen and oxygen atoms in total. The Hall–Kier alpha value is -0.210. The van der Waals surface area contributed by atoms with Crippen LogP contribution < -0.4 is 0 Å². The van der Waals surface area contributed by atoms with Crippen molar-refractivity contribution in [2.24, 2.45) is 5.92 Å². The monoisotopic (exact) mass is 182 g/mol. The molecule has 0 rings (SSSR count). The Kier molecular flexibility index (Phi) is 5.34. The van der Waals surface area contributed by atoms with Gasteiger partial charge < -0.3 is 0 Å². The van der Waals surface area contributed by atoms with E-state index in [0.29, 0.717) is 12.3 Å². The number of halogens is 3. The second-order valence-corrected chi connectivity index (χ2v) is 3.40. The molecule has 0 fully saturated rings. The lowest BCUT2D eigenvalue weighted by atomic mass is 9.99. The molecule has 0 radical (unpaired) electrons. The standard InChI is InChI=1S/C9H17F3/c1-3-5-8(2)6-4-7-9(10,11)12/h8H,3-7H2,1-2H3. The highest BCUT2D eigenvalue weighted by Crippen LogP contribution is 2.24. The summed E-state index contributed by atoms with van der Waals surface area (Å²) in [6.07, 6.45) is -1.50. The van der Waals surface area contributed by atoms with E-state index in [1.807, 2.05) is 6.92 Å². The van der Waals surface area contributed by atoms with Crippen LogP contribution in [0.3, 0.4) is 0 Å². The van der Waals surface area contributed by atoms with E-state index in [9.17, 15) is 13.2 Å². The summed E-state index contributed by atoms with van der Waals surface area (Å²) in [5.74, 6) is 0.442. The number of hydrogen-bond donors (Lipinski definition) is 0. The lowest BCUT2D eigenvalue weighted by Gasteiger charge is -2.10. The maximum atomic E-state index is 11.7. The van der Waals surface area contributed by atoms with E-state index in [1.54, 1.807) is 0 Å². The van der Waals surface area contributed by atoms with Gasteiger partial charge in [-0.2, -0.15) is 13.2 Å². The molecule has 0 aromatic carbocycles. The molecule has 0 aliphatic rings. The number of rotatable bonds is 5. The molecule has 0 aliphatic heterocycles. The van der Waals surface area contributed by atoms with Gasteiger partial charge in [0.05, 0.1) is 0 Å². The molecular formula is C9H17F3. The minimum absolute atomic E-state index is 0.282. The smallest absolute Gasteiger partial charge is 0.171 e. The lowest BCUT2D eigenvalue weighted by molar-refractivity contribution is -0.136. The molecule has 0 aromatic heterocycles. The van der Waals surface area contributed by atoms with Crippen molar-refractivity contribution >= 4 is 0 Å². The average Bonchev–Trinajstić information content (AvgIpc) is 1.84. The van der Waals surface area contributed by atoms with Crippen molar-refractivity contribution in [3.8, 4) is 0 Å². The molecule has 0 aromatic rings. The summed E-state index contributed by atoms with van der Waals surface area (Å²) in [6.45, 7) is 4.07. The quantitative estimate of drug-likeness (QED) is 0.599. The predicted octanol–water partition coefficient (Wildman–Crippen LogP) is 4.16. The topological polar surface area (TPSA) is 0 Å². The molecule has 0 spiro atoms. The van der Waals surface area contributed by atoms with Gasteiger partial charge in [0.25, 0.3) is 0 Å². The first-order valence-electron chi connectivity index (χ1n) is 4.52. The molecule has 0 saturated carbocycles. The fourth-order valence-corrected chi connectivity index (χ4v) is 1.29. The molecule has 0 N–H and O–H groups in total. The lowest BCUT2D eigenvalue weighted by Crippen LogP contribution is -2.07. The van der Waals surface area contributed by atoms with Crippen molar-refractivity contribution in [1.29, 1.82) is 0 Å². The molecule has 1 unspecified atom stereocenters. The maximum absolute atomic E-state index is 11.7. The molecule has 0 bridgehead atoms. The van der Waals surface area contributed by atoms with Crippen molar-refractivity contribution < 1.29 is 13.2 Å². The SMILES string of the molecule is CCCC(C)CCCC(F)(F)F. The van der Waals surface area contributed by atoms with Gasteiger partial charge in [0.15, 0.2) is 0 Å². The third-order valence-corrected chi connectivity index (χ3v) is 1.94. The first-order valence-corrected chi connectivity index (χ1v) is 4.52. The first-order chi connectivity index (χ1) is 5.45. The van der Waals surface area contributed by atoms with Gasteiger partial charge in [-0.15, -0.1) is 0 Å². The molecule has 0 amide bonds.